The highest BCUT2D eigenvalue weighted by Crippen LogP contribution is 2.47. The SMILES string of the molecule is Fc1ccc2c(c1)N=C(c1cc(-c3ccccc3)cc(-c3ccccc3)c1)N1c3ccccc3NC21. The highest BCUT2D eigenvalue weighted by molar-refractivity contribution is 6.16. The van der Waals surface area contributed by atoms with Crippen LogP contribution in [-0.2, 0) is 0 Å². The molecule has 0 aromatic heterocycles. The maximum absolute atomic E-state index is 14.3. The fourth-order valence-electron chi connectivity index (χ4n) is 5.18. The summed E-state index contributed by atoms with van der Waals surface area (Å²) in [5.74, 6) is 0.509. The molecule has 4 heteroatoms. The van der Waals surface area contributed by atoms with Crippen LogP contribution < -0.4 is 10.2 Å². The van der Waals surface area contributed by atoms with Gasteiger partial charge in [-0.3, -0.25) is 4.90 Å². The normalized spacial score (nSPS) is 15.4. The fraction of sp³-hybridized carbons (Fsp3) is 0.0312. The zero-order chi connectivity index (χ0) is 24.1. The van der Waals surface area contributed by atoms with E-state index in [9.17, 15) is 4.39 Å². The van der Waals surface area contributed by atoms with E-state index in [1.54, 1.807) is 0 Å². The van der Waals surface area contributed by atoms with Crippen LogP contribution in [0.5, 0.6) is 0 Å². The second kappa shape index (κ2) is 8.21. The van der Waals surface area contributed by atoms with Gasteiger partial charge in [0.25, 0.3) is 0 Å². The number of nitrogens with zero attached hydrogens (tertiary/aromatic N) is 2. The number of aliphatic imine (C=N–C) groups is 1. The number of nitrogens with one attached hydrogen (secondary N) is 1. The molecule has 0 saturated heterocycles. The molecule has 2 aliphatic rings. The Morgan fingerprint density at radius 3 is 1.92 bits per heavy atom. The van der Waals surface area contributed by atoms with Crippen LogP contribution in [0.4, 0.5) is 21.5 Å². The summed E-state index contributed by atoms with van der Waals surface area (Å²) in [5.41, 5.74) is 9.17. The van der Waals surface area contributed by atoms with Crippen LogP contribution in [0.25, 0.3) is 22.3 Å². The minimum Gasteiger partial charge on any atom is -0.359 e. The van der Waals surface area contributed by atoms with Crippen molar-refractivity contribution in [3.8, 4) is 22.3 Å². The molecule has 0 saturated carbocycles. The summed E-state index contributed by atoms with van der Waals surface area (Å²) >= 11 is 0. The molecule has 0 fully saturated rings. The zero-order valence-electron chi connectivity index (χ0n) is 19.4. The van der Waals surface area contributed by atoms with Gasteiger partial charge in [-0.15, -0.1) is 0 Å². The summed E-state index contributed by atoms with van der Waals surface area (Å²) in [6.07, 6.45) is -0.161. The maximum Gasteiger partial charge on any atom is 0.143 e. The van der Waals surface area contributed by atoms with Gasteiger partial charge >= 0.3 is 0 Å². The quantitative estimate of drug-likeness (QED) is 0.290. The number of fused-ring (bicyclic) bond motifs is 5. The van der Waals surface area contributed by atoms with Crippen LogP contribution >= 0.6 is 0 Å². The molecule has 3 nitrogen and oxygen atoms in total. The Morgan fingerprint density at radius 1 is 0.611 bits per heavy atom. The second-order valence-electron chi connectivity index (χ2n) is 9.10. The fourth-order valence-corrected chi connectivity index (χ4v) is 5.18. The van der Waals surface area contributed by atoms with Crippen molar-refractivity contribution >= 4 is 22.9 Å². The van der Waals surface area contributed by atoms with Crippen molar-refractivity contribution in [1.29, 1.82) is 0 Å². The van der Waals surface area contributed by atoms with Gasteiger partial charge < -0.3 is 5.32 Å². The van der Waals surface area contributed by atoms with E-state index in [2.05, 4.69) is 89.1 Å². The Morgan fingerprint density at radius 2 is 1.22 bits per heavy atom. The van der Waals surface area contributed by atoms with Gasteiger partial charge in [0.2, 0.25) is 0 Å². The number of rotatable bonds is 3. The molecular formula is C32H22FN3. The Bertz CT molecular complexity index is 1570. The summed E-state index contributed by atoms with van der Waals surface area (Å²) in [6, 6.07) is 40.4. The molecule has 7 rings (SSSR count). The molecule has 0 bridgehead atoms. The number of anilines is 2. The topological polar surface area (TPSA) is 27.6 Å². The minimum absolute atomic E-state index is 0.161. The third-order valence-electron chi connectivity index (χ3n) is 6.86. The molecule has 2 aliphatic heterocycles. The van der Waals surface area contributed by atoms with Crippen molar-refractivity contribution in [2.45, 2.75) is 6.17 Å². The lowest BCUT2D eigenvalue weighted by molar-refractivity contribution is 0.626. The summed E-state index contributed by atoms with van der Waals surface area (Å²) < 4.78 is 14.3. The lowest BCUT2D eigenvalue weighted by atomic mass is 9.94. The largest absolute Gasteiger partial charge is 0.359 e. The third kappa shape index (κ3) is 3.38. The average molecular weight is 468 g/mol. The number of hydrogen-bond acceptors (Lipinski definition) is 3. The highest BCUT2D eigenvalue weighted by atomic mass is 19.1. The molecule has 1 atom stereocenters. The van der Waals surface area contributed by atoms with Crippen LogP contribution in [0.2, 0.25) is 0 Å². The van der Waals surface area contributed by atoms with Crippen molar-refractivity contribution in [3.05, 3.63) is 138 Å². The van der Waals surface area contributed by atoms with Crippen molar-refractivity contribution in [2.75, 3.05) is 10.2 Å². The van der Waals surface area contributed by atoms with Gasteiger partial charge in [-0.1, -0.05) is 72.8 Å². The molecule has 0 radical (unpaired) electrons. The van der Waals surface area contributed by atoms with E-state index in [0.29, 0.717) is 5.69 Å². The van der Waals surface area contributed by atoms with E-state index in [1.165, 1.54) is 12.1 Å². The van der Waals surface area contributed by atoms with Crippen LogP contribution in [0, 0.1) is 5.82 Å². The van der Waals surface area contributed by atoms with Crippen molar-refractivity contribution < 1.29 is 4.39 Å². The lowest BCUT2D eigenvalue weighted by Crippen LogP contribution is -2.37. The van der Waals surface area contributed by atoms with E-state index in [1.807, 2.05) is 30.3 Å². The summed E-state index contributed by atoms with van der Waals surface area (Å²) in [5, 5.41) is 3.63. The highest BCUT2D eigenvalue weighted by Gasteiger charge is 2.38. The predicted molar refractivity (Wildman–Crippen MR) is 145 cm³/mol. The van der Waals surface area contributed by atoms with Crippen LogP contribution in [-0.4, -0.2) is 5.84 Å². The Kier molecular flexibility index (Phi) is 4.71. The molecule has 0 amide bonds. The predicted octanol–water partition coefficient (Wildman–Crippen LogP) is 8.18. The molecule has 172 valence electrons. The second-order valence-corrected chi connectivity index (χ2v) is 9.10. The monoisotopic (exact) mass is 467 g/mol. The smallest absolute Gasteiger partial charge is 0.143 e. The first kappa shape index (κ1) is 20.7. The van der Waals surface area contributed by atoms with Gasteiger partial charge in [-0.05, 0) is 70.8 Å². The summed E-state index contributed by atoms with van der Waals surface area (Å²) in [4.78, 5) is 7.28. The first-order valence-corrected chi connectivity index (χ1v) is 12.0. The molecule has 1 N–H and O–H groups in total. The summed E-state index contributed by atoms with van der Waals surface area (Å²) in [6.45, 7) is 0. The molecule has 0 spiro atoms. The Hall–Kier alpha value is -4.70. The number of halogens is 1. The van der Waals surface area contributed by atoms with Crippen LogP contribution in [0.3, 0.4) is 0 Å². The van der Waals surface area contributed by atoms with Crippen molar-refractivity contribution in [1.82, 2.24) is 0 Å². The number of benzene rings is 5. The minimum atomic E-state index is -0.288. The van der Waals surface area contributed by atoms with Gasteiger partial charge in [0.05, 0.1) is 17.1 Å². The maximum atomic E-state index is 14.3. The van der Waals surface area contributed by atoms with Gasteiger partial charge in [-0.25, -0.2) is 9.38 Å². The zero-order valence-corrected chi connectivity index (χ0v) is 19.4. The first-order chi connectivity index (χ1) is 17.7. The number of para-hydroxylation sites is 2. The Balaban J connectivity index is 1.48. The van der Waals surface area contributed by atoms with Gasteiger partial charge in [-0.2, -0.15) is 0 Å². The van der Waals surface area contributed by atoms with E-state index >= 15 is 0 Å². The Labute approximate surface area is 209 Å². The standard InChI is InChI=1S/C32H22FN3/c33-26-15-16-27-29(20-26)35-31(36-30-14-8-7-13-28(30)34-32(27)36)25-18-23(21-9-3-1-4-10-21)17-24(19-25)22-11-5-2-6-12-22/h1-20,32,34H. The van der Waals surface area contributed by atoms with Crippen LogP contribution in [0.15, 0.2) is 126 Å². The third-order valence-corrected chi connectivity index (χ3v) is 6.86. The van der Waals surface area contributed by atoms with Crippen LogP contribution in [0.1, 0.15) is 17.3 Å². The molecule has 36 heavy (non-hydrogen) atoms. The van der Waals surface area contributed by atoms with Gasteiger partial charge in [0, 0.05) is 11.1 Å². The van der Waals surface area contributed by atoms with Gasteiger partial charge in [0.15, 0.2) is 0 Å². The lowest BCUT2D eigenvalue weighted by Gasteiger charge is -2.33. The molecule has 2 heterocycles. The molecule has 5 aromatic rings. The molecule has 1 unspecified atom stereocenters. The molecular weight excluding hydrogens is 445 g/mol. The van der Waals surface area contributed by atoms with Crippen molar-refractivity contribution in [3.63, 3.8) is 0 Å². The van der Waals surface area contributed by atoms with E-state index in [-0.39, 0.29) is 12.0 Å². The van der Waals surface area contributed by atoms with E-state index < -0.39 is 0 Å². The number of amidine groups is 1. The molecule has 5 aromatic carbocycles. The van der Waals surface area contributed by atoms with Gasteiger partial charge in [0.1, 0.15) is 17.8 Å². The first-order valence-electron chi connectivity index (χ1n) is 12.0. The number of hydrogen-bond donors (Lipinski definition) is 1. The van der Waals surface area contributed by atoms with E-state index in [4.69, 9.17) is 4.99 Å². The summed E-state index contributed by atoms with van der Waals surface area (Å²) in [7, 11) is 0. The van der Waals surface area contributed by atoms with Crippen molar-refractivity contribution in [2.24, 2.45) is 4.99 Å². The molecule has 0 aliphatic carbocycles. The average Bonchev–Trinajstić information content (AvgIpc) is 3.33. The van der Waals surface area contributed by atoms with E-state index in [0.717, 1.165) is 50.6 Å².